The minimum Gasteiger partial charge on any atom is -0.457 e. The quantitative estimate of drug-likeness (QED) is 0.432. The molecule has 31 heavy (non-hydrogen) atoms. The molecule has 0 atom stereocenters. The van der Waals surface area contributed by atoms with Gasteiger partial charge in [0, 0.05) is 28.8 Å². The molecule has 0 saturated heterocycles. The van der Waals surface area contributed by atoms with Gasteiger partial charge in [-0.25, -0.2) is 27.9 Å². The van der Waals surface area contributed by atoms with Crippen LogP contribution in [0.5, 0.6) is 0 Å². The first-order valence-electron chi connectivity index (χ1n) is 8.98. The van der Waals surface area contributed by atoms with Gasteiger partial charge in [-0.15, -0.1) is 0 Å². The summed E-state index contributed by atoms with van der Waals surface area (Å²) in [4.78, 5) is 35.6. The number of benzene rings is 2. The molecule has 0 saturated carbocycles. The normalized spacial score (nSPS) is 11.2. The Morgan fingerprint density at radius 1 is 1.06 bits per heavy atom. The van der Waals surface area contributed by atoms with Crippen LogP contribution >= 0.6 is 0 Å². The fourth-order valence-corrected chi connectivity index (χ4v) is 3.23. The molecule has 0 unspecified atom stereocenters. The van der Waals surface area contributed by atoms with Gasteiger partial charge in [0.2, 0.25) is 10.0 Å². The minimum atomic E-state index is -3.88. The van der Waals surface area contributed by atoms with Crippen LogP contribution in [0.1, 0.15) is 22.8 Å². The molecule has 0 aliphatic rings. The second kappa shape index (κ2) is 8.98. The van der Waals surface area contributed by atoms with Gasteiger partial charge in [-0.1, -0.05) is 0 Å². The highest BCUT2D eigenvalue weighted by Gasteiger charge is 2.14. The second-order valence-electron chi connectivity index (χ2n) is 6.29. The number of hydrogen-bond donors (Lipinski definition) is 2. The molecule has 162 valence electrons. The summed E-state index contributed by atoms with van der Waals surface area (Å²) < 4.78 is 37.8. The Bertz CT molecular complexity index is 1300. The largest absolute Gasteiger partial charge is 0.457 e. The number of esters is 1. The SMILES string of the molecule is CCOC(=O)Nc1ccc2c(COC(=O)c3ccc(S(N)(=O)=O)cc3)cc(=O)oc2c1. The van der Waals surface area contributed by atoms with Crippen molar-refractivity contribution in [3.63, 3.8) is 0 Å². The van der Waals surface area contributed by atoms with Gasteiger partial charge in [0.05, 0.1) is 17.1 Å². The van der Waals surface area contributed by atoms with Gasteiger partial charge in [-0.3, -0.25) is 5.32 Å². The predicted molar refractivity (Wildman–Crippen MR) is 110 cm³/mol. The van der Waals surface area contributed by atoms with E-state index in [1.807, 2.05) is 0 Å². The van der Waals surface area contributed by atoms with E-state index in [0.717, 1.165) is 0 Å². The molecule has 2 aromatic carbocycles. The van der Waals surface area contributed by atoms with Crippen LogP contribution in [0.4, 0.5) is 10.5 Å². The summed E-state index contributed by atoms with van der Waals surface area (Å²) in [6, 6.07) is 10.7. The number of sulfonamides is 1. The van der Waals surface area contributed by atoms with Crippen LogP contribution in [0.15, 0.2) is 62.6 Å². The fourth-order valence-electron chi connectivity index (χ4n) is 2.72. The van der Waals surface area contributed by atoms with Crippen LogP contribution in [0.25, 0.3) is 11.0 Å². The topological polar surface area (TPSA) is 155 Å². The van der Waals surface area contributed by atoms with E-state index in [-0.39, 0.29) is 29.3 Å². The number of nitrogens with two attached hydrogens (primary N) is 1. The van der Waals surface area contributed by atoms with Crippen molar-refractivity contribution in [2.24, 2.45) is 5.14 Å². The number of nitrogens with one attached hydrogen (secondary N) is 1. The smallest absolute Gasteiger partial charge is 0.411 e. The number of hydrogen-bond acceptors (Lipinski definition) is 8. The number of ether oxygens (including phenoxy) is 2. The maximum absolute atomic E-state index is 12.3. The molecule has 0 fully saturated rings. The van der Waals surface area contributed by atoms with Crippen molar-refractivity contribution in [3.8, 4) is 0 Å². The maximum Gasteiger partial charge on any atom is 0.411 e. The second-order valence-corrected chi connectivity index (χ2v) is 7.85. The Kier molecular flexibility index (Phi) is 6.37. The average Bonchev–Trinajstić information content (AvgIpc) is 2.71. The highest BCUT2D eigenvalue weighted by Crippen LogP contribution is 2.22. The lowest BCUT2D eigenvalue weighted by Gasteiger charge is -2.09. The zero-order valence-corrected chi connectivity index (χ0v) is 17.1. The van der Waals surface area contributed by atoms with Crippen molar-refractivity contribution in [2.75, 3.05) is 11.9 Å². The first-order valence-corrected chi connectivity index (χ1v) is 10.5. The van der Waals surface area contributed by atoms with Gasteiger partial charge < -0.3 is 13.9 Å². The van der Waals surface area contributed by atoms with Crippen LogP contribution in [0.3, 0.4) is 0 Å². The van der Waals surface area contributed by atoms with Crippen LogP contribution in [-0.2, 0) is 26.1 Å². The Labute approximate surface area is 176 Å². The van der Waals surface area contributed by atoms with Crippen molar-refractivity contribution in [3.05, 3.63) is 70.1 Å². The molecule has 1 amide bonds. The fraction of sp³-hybridized carbons (Fsp3) is 0.150. The summed E-state index contributed by atoms with van der Waals surface area (Å²) >= 11 is 0. The molecule has 10 nitrogen and oxygen atoms in total. The average molecular weight is 446 g/mol. The standard InChI is InChI=1S/C20H18N2O8S/c1-2-28-20(25)22-14-5-8-16-13(9-18(23)30-17(16)10-14)11-29-19(24)12-3-6-15(7-4-12)31(21,26)27/h3-10H,2,11H2,1H3,(H,22,25)(H2,21,26,27). The van der Waals surface area contributed by atoms with Crippen molar-refractivity contribution in [2.45, 2.75) is 18.4 Å². The van der Waals surface area contributed by atoms with Gasteiger partial charge in [0.1, 0.15) is 12.2 Å². The lowest BCUT2D eigenvalue weighted by atomic mass is 10.1. The van der Waals surface area contributed by atoms with Crippen LogP contribution < -0.4 is 16.1 Å². The van der Waals surface area contributed by atoms with Gasteiger partial charge in [0.25, 0.3) is 0 Å². The number of amides is 1. The van der Waals surface area contributed by atoms with Crippen molar-refractivity contribution in [1.29, 1.82) is 0 Å². The molecule has 0 bridgehead atoms. The van der Waals surface area contributed by atoms with Crippen LogP contribution in [0, 0.1) is 0 Å². The zero-order valence-electron chi connectivity index (χ0n) is 16.3. The van der Waals surface area contributed by atoms with E-state index in [1.165, 1.54) is 36.4 Å². The van der Waals surface area contributed by atoms with Crippen LogP contribution in [-0.4, -0.2) is 27.1 Å². The third-order valence-corrected chi connectivity index (χ3v) is 5.06. The third kappa shape index (κ3) is 5.47. The number of rotatable bonds is 6. The van der Waals surface area contributed by atoms with Gasteiger partial charge in [-0.05, 0) is 43.3 Å². The van der Waals surface area contributed by atoms with E-state index in [2.05, 4.69) is 5.32 Å². The Balaban J connectivity index is 1.78. The molecule has 0 radical (unpaired) electrons. The number of carbonyl (C=O) groups excluding carboxylic acids is 2. The first kappa shape index (κ1) is 22.0. The third-order valence-electron chi connectivity index (χ3n) is 4.13. The summed E-state index contributed by atoms with van der Waals surface area (Å²) in [6.07, 6.45) is -0.650. The lowest BCUT2D eigenvalue weighted by molar-refractivity contribution is 0.0473. The Hall–Kier alpha value is -3.70. The van der Waals surface area contributed by atoms with Crippen molar-refractivity contribution < 1.29 is 31.9 Å². The summed E-state index contributed by atoms with van der Waals surface area (Å²) in [5, 5.41) is 8.03. The van der Waals surface area contributed by atoms with E-state index in [9.17, 15) is 22.8 Å². The van der Waals surface area contributed by atoms with Gasteiger partial charge in [0.15, 0.2) is 0 Å². The maximum atomic E-state index is 12.3. The van der Waals surface area contributed by atoms with Gasteiger partial charge in [-0.2, -0.15) is 0 Å². The molecule has 3 N–H and O–H groups in total. The predicted octanol–water partition coefficient (Wildman–Crippen LogP) is 2.37. The molecule has 0 spiro atoms. The molecular weight excluding hydrogens is 428 g/mol. The van der Waals surface area contributed by atoms with E-state index in [1.54, 1.807) is 19.1 Å². The molecule has 3 rings (SSSR count). The Morgan fingerprint density at radius 2 is 1.77 bits per heavy atom. The van der Waals surface area contributed by atoms with E-state index in [0.29, 0.717) is 16.6 Å². The highest BCUT2D eigenvalue weighted by molar-refractivity contribution is 7.89. The molecule has 11 heteroatoms. The molecule has 3 aromatic rings. The molecule has 0 aliphatic heterocycles. The summed E-state index contributed by atoms with van der Waals surface area (Å²) in [7, 11) is -3.88. The molecule has 1 aromatic heterocycles. The van der Waals surface area contributed by atoms with Crippen LogP contribution in [0.2, 0.25) is 0 Å². The Morgan fingerprint density at radius 3 is 2.42 bits per heavy atom. The number of anilines is 1. The van der Waals surface area contributed by atoms with E-state index in [4.69, 9.17) is 19.0 Å². The molecular formula is C20H18N2O8S. The summed E-state index contributed by atoms with van der Waals surface area (Å²) in [6.45, 7) is 1.64. The van der Waals surface area contributed by atoms with Gasteiger partial charge >= 0.3 is 17.7 Å². The highest BCUT2D eigenvalue weighted by atomic mass is 32.2. The zero-order chi connectivity index (χ0) is 22.6. The minimum absolute atomic E-state index is 0.112. The first-order chi connectivity index (χ1) is 14.7. The number of fused-ring (bicyclic) bond motifs is 1. The summed E-state index contributed by atoms with van der Waals surface area (Å²) in [5.41, 5.74) is 0.386. The lowest BCUT2D eigenvalue weighted by Crippen LogP contribution is -2.13. The molecule has 0 aliphatic carbocycles. The van der Waals surface area contributed by atoms with Crippen molar-refractivity contribution >= 4 is 38.7 Å². The number of carbonyl (C=O) groups is 2. The van der Waals surface area contributed by atoms with E-state index >= 15 is 0 Å². The molecule has 1 heterocycles. The van der Waals surface area contributed by atoms with Crippen molar-refractivity contribution in [1.82, 2.24) is 0 Å². The monoisotopic (exact) mass is 446 g/mol. The summed E-state index contributed by atoms with van der Waals surface area (Å²) in [5.74, 6) is -0.719. The van der Waals surface area contributed by atoms with E-state index < -0.39 is 27.7 Å². The number of primary sulfonamides is 1.